The first-order valence-corrected chi connectivity index (χ1v) is 7.81. The number of hydrogen-bond acceptors (Lipinski definition) is 3. The van der Waals surface area contributed by atoms with Crippen LogP contribution in [-0.2, 0) is 9.47 Å². The molecule has 18 heavy (non-hydrogen) atoms. The SMILES string of the molecule is CCCOCCOC1CCCCCCC1NCC. The molecule has 0 aliphatic heterocycles. The largest absolute Gasteiger partial charge is 0.379 e. The standard InChI is InChI=1S/C15H31NO2/c1-3-11-17-12-13-18-15-10-8-6-5-7-9-14(15)16-4-2/h14-16H,3-13H2,1-2H3. The lowest BCUT2D eigenvalue weighted by Crippen LogP contribution is -2.42. The Balaban J connectivity index is 2.26. The Morgan fingerprint density at radius 1 is 0.944 bits per heavy atom. The zero-order valence-electron chi connectivity index (χ0n) is 12.2. The Labute approximate surface area is 113 Å². The van der Waals surface area contributed by atoms with Gasteiger partial charge in [0.25, 0.3) is 0 Å². The summed E-state index contributed by atoms with van der Waals surface area (Å²) in [5.74, 6) is 0. The maximum atomic E-state index is 6.04. The van der Waals surface area contributed by atoms with E-state index in [-0.39, 0.29) is 0 Å². The molecule has 0 aromatic heterocycles. The van der Waals surface area contributed by atoms with Gasteiger partial charge in [0.05, 0.1) is 19.3 Å². The highest BCUT2D eigenvalue weighted by atomic mass is 16.5. The molecule has 2 atom stereocenters. The average molecular weight is 257 g/mol. The van der Waals surface area contributed by atoms with Crippen LogP contribution in [0.5, 0.6) is 0 Å². The highest BCUT2D eigenvalue weighted by molar-refractivity contribution is 4.79. The van der Waals surface area contributed by atoms with E-state index in [1.807, 2.05) is 0 Å². The van der Waals surface area contributed by atoms with E-state index in [0.717, 1.165) is 32.8 Å². The second-order valence-corrected chi connectivity index (χ2v) is 5.18. The number of hydrogen-bond donors (Lipinski definition) is 1. The van der Waals surface area contributed by atoms with Crippen LogP contribution in [0.25, 0.3) is 0 Å². The summed E-state index contributed by atoms with van der Waals surface area (Å²) in [6.45, 7) is 7.69. The second-order valence-electron chi connectivity index (χ2n) is 5.18. The molecule has 1 N–H and O–H groups in total. The summed E-state index contributed by atoms with van der Waals surface area (Å²) in [4.78, 5) is 0. The summed E-state index contributed by atoms with van der Waals surface area (Å²) in [7, 11) is 0. The molecule has 0 radical (unpaired) electrons. The van der Waals surface area contributed by atoms with E-state index in [9.17, 15) is 0 Å². The zero-order valence-corrected chi connectivity index (χ0v) is 12.2. The first kappa shape index (κ1) is 15.9. The number of ether oxygens (including phenoxy) is 2. The maximum absolute atomic E-state index is 6.04. The van der Waals surface area contributed by atoms with Gasteiger partial charge < -0.3 is 14.8 Å². The molecule has 108 valence electrons. The van der Waals surface area contributed by atoms with Crippen molar-refractivity contribution in [3.8, 4) is 0 Å². The Morgan fingerprint density at radius 3 is 2.44 bits per heavy atom. The third-order valence-electron chi connectivity index (χ3n) is 3.58. The van der Waals surface area contributed by atoms with Crippen LogP contribution in [0.3, 0.4) is 0 Å². The van der Waals surface area contributed by atoms with Crippen LogP contribution in [-0.4, -0.2) is 38.5 Å². The molecule has 0 aromatic rings. The van der Waals surface area contributed by atoms with E-state index >= 15 is 0 Å². The summed E-state index contributed by atoms with van der Waals surface area (Å²) in [6.07, 6.45) is 9.32. The zero-order chi connectivity index (χ0) is 13.1. The molecule has 0 amide bonds. The van der Waals surface area contributed by atoms with E-state index in [1.54, 1.807) is 0 Å². The molecule has 3 heteroatoms. The minimum Gasteiger partial charge on any atom is -0.379 e. The average Bonchev–Trinajstić information content (AvgIpc) is 2.35. The van der Waals surface area contributed by atoms with Crippen LogP contribution in [0.1, 0.15) is 58.8 Å². The van der Waals surface area contributed by atoms with Gasteiger partial charge in [-0.1, -0.05) is 39.5 Å². The lowest BCUT2D eigenvalue weighted by Gasteiger charge is -2.30. The van der Waals surface area contributed by atoms with Crippen molar-refractivity contribution in [1.29, 1.82) is 0 Å². The van der Waals surface area contributed by atoms with Gasteiger partial charge in [-0.2, -0.15) is 0 Å². The van der Waals surface area contributed by atoms with Crippen LogP contribution >= 0.6 is 0 Å². The molecular formula is C15H31NO2. The molecule has 1 fully saturated rings. The summed E-state index contributed by atoms with van der Waals surface area (Å²) in [6, 6.07) is 0.543. The van der Waals surface area contributed by atoms with E-state index in [4.69, 9.17) is 9.47 Å². The minimum absolute atomic E-state index is 0.385. The van der Waals surface area contributed by atoms with E-state index in [0.29, 0.717) is 12.1 Å². The molecule has 1 aliphatic rings. The van der Waals surface area contributed by atoms with Crippen LogP contribution in [0.2, 0.25) is 0 Å². The van der Waals surface area contributed by atoms with Crippen molar-refractivity contribution in [3.63, 3.8) is 0 Å². The second kappa shape index (κ2) is 10.8. The summed E-state index contributed by atoms with van der Waals surface area (Å²) >= 11 is 0. The molecule has 0 aromatic carbocycles. The van der Waals surface area contributed by atoms with Gasteiger partial charge in [0.15, 0.2) is 0 Å². The van der Waals surface area contributed by atoms with Gasteiger partial charge in [-0.3, -0.25) is 0 Å². The quantitative estimate of drug-likeness (QED) is 0.678. The van der Waals surface area contributed by atoms with Gasteiger partial charge in [-0.25, -0.2) is 0 Å². The molecule has 3 nitrogen and oxygen atoms in total. The summed E-state index contributed by atoms with van der Waals surface area (Å²) in [5, 5.41) is 3.59. The fourth-order valence-corrected chi connectivity index (χ4v) is 2.65. The van der Waals surface area contributed by atoms with Gasteiger partial charge in [0.2, 0.25) is 0 Å². The van der Waals surface area contributed by atoms with Gasteiger partial charge in [0, 0.05) is 12.6 Å². The topological polar surface area (TPSA) is 30.5 Å². The predicted octanol–water partition coefficient (Wildman–Crippen LogP) is 3.13. The van der Waals surface area contributed by atoms with Crippen LogP contribution < -0.4 is 5.32 Å². The van der Waals surface area contributed by atoms with Crippen molar-refractivity contribution in [2.75, 3.05) is 26.4 Å². The van der Waals surface area contributed by atoms with Crippen molar-refractivity contribution in [2.45, 2.75) is 70.9 Å². The summed E-state index contributed by atoms with van der Waals surface area (Å²) in [5.41, 5.74) is 0. The fourth-order valence-electron chi connectivity index (χ4n) is 2.65. The number of rotatable bonds is 8. The molecule has 1 aliphatic carbocycles. The number of nitrogens with one attached hydrogen (secondary N) is 1. The fraction of sp³-hybridized carbons (Fsp3) is 1.00. The van der Waals surface area contributed by atoms with Crippen molar-refractivity contribution < 1.29 is 9.47 Å². The Morgan fingerprint density at radius 2 is 1.72 bits per heavy atom. The van der Waals surface area contributed by atoms with Gasteiger partial charge in [-0.05, 0) is 25.8 Å². The maximum Gasteiger partial charge on any atom is 0.0729 e. The van der Waals surface area contributed by atoms with Crippen molar-refractivity contribution in [1.82, 2.24) is 5.32 Å². The van der Waals surface area contributed by atoms with E-state index < -0.39 is 0 Å². The molecule has 0 saturated heterocycles. The highest BCUT2D eigenvalue weighted by Gasteiger charge is 2.22. The first-order valence-electron chi connectivity index (χ1n) is 7.81. The van der Waals surface area contributed by atoms with Gasteiger partial charge >= 0.3 is 0 Å². The molecular weight excluding hydrogens is 226 g/mol. The first-order chi connectivity index (χ1) is 8.88. The Kier molecular flexibility index (Phi) is 9.54. The van der Waals surface area contributed by atoms with Crippen molar-refractivity contribution in [2.24, 2.45) is 0 Å². The molecule has 0 heterocycles. The monoisotopic (exact) mass is 257 g/mol. The third kappa shape index (κ3) is 6.72. The predicted molar refractivity (Wildman–Crippen MR) is 76.0 cm³/mol. The third-order valence-corrected chi connectivity index (χ3v) is 3.58. The molecule has 1 saturated carbocycles. The summed E-state index contributed by atoms with van der Waals surface area (Å²) < 4.78 is 11.5. The lowest BCUT2D eigenvalue weighted by molar-refractivity contribution is -0.0194. The number of likely N-dealkylation sites (N-methyl/N-ethyl adjacent to an activating group) is 1. The molecule has 0 spiro atoms. The molecule has 0 bridgehead atoms. The van der Waals surface area contributed by atoms with Crippen molar-refractivity contribution >= 4 is 0 Å². The Hall–Kier alpha value is -0.120. The Bertz CT molecular complexity index is 187. The minimum atomic E-state index is 0.385. The smallest absolute Gasteiger partial charge is 0.0729 e. The van der Waals surface area contributed by atoms with Crippen LogP contribution in [0.15, 0.2) is 0 Å². The van der Waals surface area contributed by atoms with Crippen LogP contribution in [0, 0.1) is 0 Å². The van der Waals surface area contributed by atoms with Gasteiger partial charge in [-0.15, -0.1) is 0 Å². The highest BCUT2D eigenvalue weighted by Crippen LogP contribution is 2.20. The van der Waals surface area contributed by atoms with Crippen molar-refractivity contribution in [3.05, 3.63) is 0 Å². The lowest BCUT2D eigenvalue weighted by atomic mass is 9.94. The normalized spacial score (nSPS) is 25.7. The molecule has 2 unspecified atom stereocenters. The van der Waals surface area contributed by atoms with E-state index in [1.165, 1.54) is 38.5 Å². The van der Waals surface area contributed by atoms with Crippen LogP contribution in [0.4, 0.5) is 0 Å². The van der Waals surface area contributed by atoms with Gasteiger partial charge in [0.1, 0.15) is 0 Å². The van der Waals surface area contributed by atoms with E-state index in [2.05, 4.69) is 19.2 Å². The molecule has 1 rings (SSSR count).